The van der Waals surface area contributed by atoms with Crippen LogP contribution < -0.4 is 5.32 Å². The van der Waals surface area contributed by atoms with Crippen LogP contribution in [0.2, 0.25) is 0 Å². The number of aryl methyl sites for hydroxylation is 1. The summed E-state index contributed by atoms with van der Waals surface area (Å²) in [7, 11) is 0. The largest absolute Gasteiger partial charge is 0.370 e. The van der Waals surface area contributed by atoms with Crippen molar-refractivity contribution in [2.75, 3.05) is 31.5 Å². The minimum Gasteiger partial charge on any atom is -0.370 e. The van der Waals surface area contributed by atoms with E-state index in [1.54, 1.807) is 0 Å². The third kappa shape index (κ3) is 3.95. The van der Waals surface area contributed by atoms with Crippen LogP contribution in [0.5, 0.6) is 0 Å². The summed E-state index contributed by atoms with van der Waals surface area (Å²) in [5, 5.41) is 4.59. The van der Waals surface area contributed by atoms with Gasteiger partial charge in [0.05, 0.1) is 5.52 Å². The van der Waals surface area contributed by atoms with E-state index < -0.39 is 0 Å². The van der Waals surface area contributed by atoms with Gasteiger partial charge >= 0.3 is 0 Å². The molecule has 4 heteroatoms. The number of nitrogens with zero attached hydrogens (tertiary/aromatic N) is 3. The van der Waals surface area contributed by atoms with Crippen molar-refractivity contribution in [1.82, 2.24) is 14.9 Å². The highest BCUT2D eigenvalue weighted by Gasteiger charge is 2.08. The molecule has 0 radical (unpaired) electrons. The quantitative estimate of drug-likeness (QED) is 0.856. The molecule has 1 aliphatic rings. The predicted molar refractivity (Wildman–Crippen MR) is 92.3 cm³/mol. The Hall–Kier alpha value is -1.68. The Bertz CT molecular complexity index is 603. The zero-order valence-corrected chi connectivity index (χ0v) is 13.5. The van der Waals surface area contributed by atoms with Crippen LogP contribution in [0, 0.1) is 6.92 Å². The first-order chi connectivity index (χ1) is 10.8. The first-order valence-corrected chi connectivity index (χ1v) is 8.51. The molecular formula is C18H26N4. The highest BCUT2D eigenvalue weighted by atomic mass is 15.1. The average Bonchev–Trinajstić information content (AvgIpc) is 2.80. The lowest BCUT2D eigenvalue weighted by atomic mass is 10.2. The lowest BCUT2D eigenvalue weighted by Crippen LogP contribution is -2.27. The second kappa shape index (κ2) is 7.54. The van der Waals surface area contributed by atoms with Crippen LogP contribution in [-0.2, 0) is 0 Å². The molecule has 0 aromatic carbocycles. The van der Waals surface area contributed by atoms with Gasteiger partial charge in [0.15, 0.2) is 0 Å². The fourth-order valence-electron chi connectivity index (χ4n) is 3.17. The van der Waals surface area contributed by atoms with E-state index in [4.69, 9.17) is 0 Å². The molecule has 0 saturated carbocycles. The van der Waals surface area contributed by atoms with E-state index >= 15 is 0 Å². The van der Waals surface area contributed by atoms with E-state index in [9.17, 15) is 0 Å². The molecular weight excluding hydrogens is 272 g/mol. The molecule has 3 rings (SSSR count). The van der Waals surface area contributed by atoms with Crippen molar-refractivity contribution in [3.05, 3.63) is 30.1 Å². The molecule has 1 N–H and O–H groups in total. The van der Waals surface area contributed by atoms with Crippen molar-refractivity contribution in [3.8, 4) is 0 Å². The summed E-state index contributed by atoms with van der Waals surface area (Å²) in [4.78, 5) is 11.6. The Morgan fingerprint density at radius 1 is 1.09 bits per heavy atom. The minimum atomic E-state index is 0.967. The number of hydrogen-bond acceptors (Lipinski definition) is 4. The fourth-order valence-corrected chi connectivity index (χ4v) is 3.17. The van der Waals surface area contributed by atoms with E-state index in [1.807, 2.05) is 19.2 Å². The molecule has 0 unspecified atom stereocenters. The van der Waals surface area contributed by atoms with Gasteiger partial charge in [0.2, 0.25) is 0 Å². The molecule has 0 amide bonds. The second-order valence-corrected chi connectivity index (χ2v) is 6.20. The van der Waals surface area contributed by atoms with Gasteiger partial charge in [0.1, 0.15) is 5.82 Å². The number of aromatic nitrogens is 2. The van der Waals surface area contributed by atoms with E-state index in [0.29, 0.717) is 0 Å². The lowest BCUT2D eigenvalue weighted by molar-refractivity contribution is 0.284. The highest BCUT2D eigenvalue weighted by molar-refractivity contribution is 5.81. The Morgan fingerprint density at radius 3 is 2.73 bits per heavy atom. The van der Waals surface area contributed by atoms with Gasteiger partial charge in [-0.2, -0.15) is 0 Å². The maximum Gasteiger partial charge on any atom is 0.126 e. The summed E-state index contributed by atoms with van der Waals surface area (Å²) >= 11 is 0. The lowest BCUT2D eigenvalue weighted by Gasteiger charge is -2.19. The van der Waals surface area contributed by atoms with Crippen molar-refractivity contribution >= 4 is 16.7 Å². The fraction of sp³-hybridized carbons (Fsp3) is 0.556. The van der Waals surface area contributed by atoms with E-state index in [2.05, 4.69) is 32.3 Å². The minimum absolute atomic E-state index is 0.967. The van der Waals surface area contributed by atoms with Crippen LogP contribution in [0.3, 0.4) is 0 Å². The molecule has 3 heterocycles. The van der Waals surface area contributed by atoms with Crippen LogP contribution in [0.25, 0.3) is 10.9 Å². The first kappa shape index (κ1) is 15.2. The zero-order valence-electron chi connectivity index (χ0n) is 13.5. The summed E-state index contributed by atoms with van der Waals surface area (Å²) < 4.78 is 0. The summed E-state index contributed by atoms with van der Waals surface area (Å²) in [6, 6.07) is 6.15. The summed E-state index contributed by atoms with van der Waals surface area (Å²) in [5.74, 6) is 0.967. The molecule has 22 heavy (non-hydrogen) atoms. The monoisotopic (exact) mass is 298 g/mol. The van der Waals surface area contributed by atoms with Gasteiger partial charge < -0.3 is 10.2 Å². The van der Waals surface area contributed by atoms with Gasteiger partial charge in [-0.05, 0) is 64.0 Å². The summed E-state index contributed by atoms with van der Waals surface area (Å²) in [5.41, 5.74) is 2.06. The van der Waals surface area contributed by atoms with Crippen LogP contribution in [-0.4, -0.2) is 41.0 Å². The highest BCUT2D eigenvalue weighted by Crippen LogP contribution is 2.17. The van der Waals surface area contributed by atoms with Crippen molar-refractivity contribution in [3.63, 3.8) is 0 Å². The number of fused-ring (bicyclic) bond motifs is 1. The zero-order chi connectivity index (χ0) is 15.2. The van der Waals surface area contributed by atoms with Gasteiger partial charge in [0, 0.05) is 23.8 Å². The molecule has 1 saturated heterocycles. The SMILES string of the molecule is Cc1nccc2nc(NCCCN3CCCCCC3)ccc12. The Morgan fingerprint density at radius 2 is 1.91 bits per heavy atom. The number of nitrogens with one attached hydrogen (secondary N) is 1. The topological polar surface area (TPSA) is 41.1 Å². The molecule has 0 atom stereocenters. The van der Waals surface area contributed by atoms with E-state index in [1.165, 1.54) is 51.7 Å². The predicted octanol–water partition coefficient (Wildman–Crippen LogP) is 3.62. The van der Waals surface area contributed by atoms with Crippen LogP contribution in [0.15, 0.2) is 24.4 Å². The summed E-state index contributed by atoms with van der Waals surface area (Å²) in [6.45, 7) is 6.77. The van der Waals surface area contributed by atoms with Gasteiger partial charge in [-0.25, -0.2) is 4.98 Å². The molecule has 1 fully saturated rings. The Kier molecular flexibility index (Phi) is 5.22. The number of rotatable bonds is 5. The van der Waals surface area contributed by atoms with Crippen molar-refractivity contribution in [2.45, 2.75) is 39.0 Å². The molecule has 2 aromatic heterocycles. The molecule has 2 aromatic rings. The molecule has 0 bridgehead atoms. The van der Waals surface area contributed by atoms with Crippen LogP contribution in [0.4, 0.5) is 5.82 Å². The number of pyridine rings is 2. The number of anilines is 1. The maximum atomic E-state index is 4.67. The number of hydrogen-bond donors (Lipinski definition) is 1. The average molecular weight is 298 g/mol. The number of likely N-dealkylation sites (tertiary alicyclic amines) is 1. The van der Waals surface area contributed by atoms with Crippen LogP contribution in [0.1, 0.15) is 37.8 Å². The Labute approximate surface area is 133 Å². The Balaban J connectivity index is 1.49. The second-order valence-electron chi connectivity index (χ2n) is 6.20. The van der Waals surface area contributed by atoms with Gasteiger partial charge in [-0.15, -0.1) is 0 Å². The molecule has 4 nitrogen and oxygen atoms in total. The van der Waals surface area contributed by atoms with Crippen molar-refractivity contribution < 1.29 is 0 Å². The van der Waals surface area contributed by atoms with Gasteiger partial charge in [0.25, 0.3) is 0 Å². The molecule has 118 valence electrons. The molecule has 0 spiro atoms. The first-order valence-electron chi connectivity index (χ1n) is 8.51. The smallest absolute Gasteiger partial charge is 0.126 e. The normalized spacial score (nSPS) is 16.6. The van der Waals surface area contributed by atoms with Gasteiger partial charge in [-0.3, -0.25) is 4.98 Å². The molecule has 0 aliphatic carbocycles. The summed E-state index contributed by atoms with van der Waals surface area (Å²) in [6.07, 6.45) is 8.55. The maximum absolute atomic E-state index is 4.67. The standard InChI is InChI=1S/C18H26N4/c1-15-16-7-8-18(21-17(16)9-11-19-15)20-10-6-14-22-12-4-2-3-5-13-22/h7-9,11H,2-6,10,12-14H2,1H3,(H,20,21). The van der Waals surface area contributed by atoms with Crippen LogP contribution >= 0.6 is 0 Å². The molecule has 1 aliphatic heterocycles. The van der Waals surface area contributed by atoms with Gasteiger partial charge in [-0.1, -0.05) is 12.8 Å². The van der Waals surface area contributed by atoms with E-state index in [-0.39, 0.29) is 0 Å². The third-order valence-electron chi connectivity index (χ3n) is 4.47. The van der Waals surface area contributed by atoms with E-state index in [0.717, 1.165) is 29.0 Å². The van der Waals surface area contributed by atoms with Crippen molar-refractivity contribution in [2.24, 2.45) is 0 Å². The third-order valence-corrected chi connectivity index (χ3v) is 4.47. The van der Waals surface area contributed by atoms with Crippen molar-refractivity contribution in [1.29, 1.82) is 0 Å².